The van der Waals surface area contributed by atoms with Gasteiger partial charge in [0.05, 0.1) is 4.47 Å². The van der Waals surface area contributed by atoms with Crippen molar-refractivity contribution >= 4 is 53.8 Å². The summed E-state index contributed by atoms with van der Waals surface area (Å²) in [5.74, 6) is 0.0960. The van der Waals surface area contributed by atoms with Crippen LogP contribution in [0.15, 0.2) is 42.3 Å². The fourth-order valence-electron chi connectivity index (χ4n) is 1.39. The third kappa shape index (κ3) is 3.05. The molecule has 0 fully saturated rings. The highest BCUT2D eigenvalue weighted by atomic mass is 79.9. The van der Waals surface area contributed by atoms with Gasteiger partial charge in [-0.25, -0.2) is 4.79 Å². The number of benzene rings is 1. The van der Waals surface area contributed by atoms with Gasteiger partial charge in [0, 0.05) is 4.47 Å². The van der Waals surface area contributed by atoms with E-state index < -0.39 is 5.97 Å². The van der Waals surface area contributed by atoms with Crippen molar-refractivity contribution in [3.05, 3.63) is 49.2 Å². The molecule has 0 unspecified atom stereocenters. The molecule has 1 aromatic carbocycles. The molecule has 18 heavy (non-hydrogen) atoms. The van der Waals surface area contributed by atoms with E-state index in [-0.39, 0.29) is 5.76 Å². The molecular formula is C12H7Br3O3. The zero-order valence-electron chi connectivity index (χ0n) is 9.17. The maximum atomic E-state index is 11.8. The normalized spacial score (nSPS) is 10.4. The van der Waals surface area contributed by atoms with Crippen molar-refractivity contribution in [2.45, 2.75) is 6.92 Å². The lowest BCUT2D eigenvalue weighted by Crippen LogP contribution is -2.08. The Labute approximate surface area is 129 Å². The molecule has 0 aliphatic rings. The summed E-state index contributed by atoms with van der Waals surface area (Å²) < 4.78 is 12.5. The second kappa shape index (κ2) is 5.59. The van der Waals surface area contributed by atoms with Crippen LogP contribution in [0.3, 0.4) is 0 Å². The van der Waals surface area contributed by atoms with Gasteiger partial charge in [-0.05, 0) is 68.6 Å². The quantitative estimate of drug-likeness (QED) is 0.484. The second-order valence-corrected chi connectivity index (χ2v) is 6.08. The van der Waals surface area contributed by atoms with Gasteiger partial charge >= 0.3 is 5.97 Å². The average Bonchev–Trinajstić information content (AvgIpc) is 2.70. The van der Waals surface area contributed by atoms with E-state index in [1.165, 1.54) is 0 Å². The highest BCUT2D eigenvalue weighted by molar-refractivity contribution is 9.11. The van der Waals surface area contributed by atoms with Crippen LogP contribution in [0.5, 0.6) is 5.75 Å². The second-order valence-electron chi connectivity index (χ2n) is 3.53. The number of hydrogen-bond acceptors (Lipinski definition) is 3. The highest BCUT2D eigenvalue weighted by Crippen LogP contribution is 2.33. The Hall–Kier alpha value is -0.590. The molecule has 0 spiro atoms. The van der Waals surface area contributed by atoms with Crippen LogP contribution in [0.2, 0.25) is 0 Å². The lowest BCUT2D eigenvalue weighted by Gasteiger charge is -2.08. The molecule has 0 amide bonds. The first-order chi connectivity index (χ1) is 8.47. The Bertz CT molecular complexity index is 581. The molecule has 1 aromatic heterocycles. The minimum absolute atomic E-state index is 0.149. The molecule has 2 rings (SSSR count). The van der Waals surface area contributed by atoms with Crippen LogP contribution in [0.4, 0.5) is 0 Å². The topological polar surface area (TPSA) is 39.4 Å². The minimum Gasteiger partial charge on any atom is -0.442 e. The van der Waals surface area contributed by atoms with E-state index in [2.05, 4.69) is 47.8 Å². The first-order valence-corrected chi connectivity index (χ1v) is 7.28. The van der Waals surface area contributed by atoms with E-state index in [9.17, 15) is 4.79 Å². The van der Waals surface area contributed by atoms with E-state index in [0.717, 1.165) is 10.0 Å². The van der Waals surface area contributed by atoms with Crippen molar-refractivity contribution in [1.82, 2.24) is 0 Å². The average molecular weight is 439 g/mol. The van der Waals surface area contributed by atoms with Gasteiger partial charge < -0.3 is 9.15 Å². The van der Waals surface area contributed by atoms with E-state index in [4.69, 9.17) is 9.15 Å². The van der Waals surface area contributed by atoms with E-state index in [0.29, 0.717) is 14.9 Å². The molecule has 0 aliphatic heterocycles. The number of aryl methyl sites for hydroxylation is 1. The smallest absolute Gasteiger partial charge is 0.379 e. The van der Waals surface area contributed by atoms with E-state index >= 15 is 0 Å². The van der Waals surface area contributed by atoms with Gasteiger partial charge in [0.1, 0.15) is 5.75 Å². The van der Waals surface area contributed by atoms with Crippen molar-refractivity contribution in [2.75, 3.05) is 0 Å². The third-order valence-electron chi connectivity index (χ3n) is 2.16. The third-order valence-corrected chi connectivity index (χ3v) is 3.64. The van der Waals surface area contributed by atoms with Crippen molar-refractivity contribution in [3.63, 3.8) is 0 Å². The van der Waals surface area contributed by atoms with Crippen LogP contribution in [0.25, 0.3) is 0 Å². The molecule has 0 radical (unpaired) electrons. The Morgan fingerprint density at radius 1 is 1.22 bits per heavy atom. The summed E-state index contributed by atoms with van der Waals surface area (Å²) in [6, 6.07) is 6.87. The monoisotopic (exact) mass is 436 g/mol. The van der Waals surface area contributed by atoms with Crippen molar-refractivity contribution < 1.29 is 13.9 Å². The first kappa shape index (κ1) is 13.8. The fourth-order valence-corrected chi connectivity index (χ4v) is 3.21. The maximum Gasteiger partial charge on any atom is 0.379 e. The summed E-state index contributed by atoms with van der Waals surface area (Å²) in [4.78, 5) is 11.8. The lowest BCUT2D eigenvalue weighted by atomic mass is 10.2. The summed E-state index contributed by atoms with van der Waals surface area (Å²) in [7, 11) is 0. The van der Waals surface area contributed by atoms with Crippen molar-refractivity contribution in [3.8, 4) is 5.75 Å². The molecule has 0 atom stereocenters. The van der Waals surface area contributed by atoms with Gasteiger partial charge in [-0.2, -0.15) is 0 Å². The van der Waals surface area contributed by atoms with Crippen LogP contribution in [0, 0.1) is 6.92 Å². The molecule has 0 N–H and O–H groups in total. The van der Waals surface area contributed by atoms with Gasteiger partial charge in [0.15, 0.2) is 4.67 Å². The van der Waals surface area contributed by atoms with E-state index in [1.807, 2.05) is 19.1 Å². The summed E-state index contributed by atoms with van der Waals surface area (Å²) in [6.07, 6.45) is 0. The maximum absolute atomic E-state index is 11.8. The Morgan fingerprint density at radius 2 is 1.94 bits per heavy atom. The Morgan fingerprint density at radius 3 is 2.50 bits per heavy atom. The summed E-state index contributed by atoms with van der Waals surface area (Å²) in [5, 5.41) is 0. The SMILES string of the molecule is Cc1cc(Br)cc(Br)c1OC(=O)c1ccc(Br)o1. The highest BCUT2D eigenvalue weighted by Gasteiger charge is 2.16. The molecule has 2 aromatic rings. The van der Waals surface area contributed by atoms with Crippen LogP contribution < -0.4 is 4.74 Å². The predicted molar refractivity (Wildman–Crippen MR) is 77.9 cm³/mol. The number of esters is 1. The van der Waals surface area contributed by atoms with Gasteiger partial charge in [0.2, 0.25) is 5.76 Å². The summed E-state index contributed by atoms with van der Waals surface area (Å²) >= 11 is 9.86. The number of hydrogen-bond donors (Lipinski definition) is 0. The standard InChI is InChI=1S/C12H7Br3O3/c1-6-4-7(13)5-8(14)11(6)18-12(16)9-2-3-10(15)17-9/h2-5H,1H3. The van der Waals surface area contributed by atoms with Crippen LogP contribution in [-0.4, -0.2) is 5.97 Å². The lowest BCUT2D eigenvalue weighted by molar-refractivity contribution is 0.0697. The minimum atomic E-state index is -0.535. The van der Waals surface area contributed by atoms with Gasteiger partial charge in [-0.15, -0.1) is 0 Å². The molecule has 3 nitrogen and oxygen atoms in total. The number of carbonyl (C=O) groups excluding carboxylic acids is 1. The summed E-state index contributed by atoms with van der Waals surface area (Å²) in [5.41, 5.74) is 0.843. The first-order valence-electron chi connectivity index (χ1n) is 4.90. The van der Waals surface area contributed by atoms with Crippen molar-refractivity contribution in [1.29, 1.82) is 0 Å². The number of carbonyl (C=O) groups is 1. The number of halogens is 3. The molecule has 0 saturated heterocycles. The van der Waals surface area contributed by atoms with Crippen LogP contribution in [0.1, 0.15) is 16.1 Å². The van der Waals surface area contributed by atoms with Crippen molar-refractivity contribution in [2.24, 2.45) is 0 Å². The molecule has 0 aliphatic carbocycles. The molecule has 6 heteroatoms. The number of ether oxygens (including phenoxy) is 1. The number of rotatable bonds is 2. The van der Waals surface area contributed by atoms with Crippen LogP contribution in [-0.2, 0) is 0 Å². The molecule has 1 heterocycles. The number of furan rings is 1. The van der Waals surface area contributed by atoms with E-state index in [1.54, 1.807) is 12.1 Å². The molecule has 0 saturated carbocycles. The van der Waals surface area contributed by atoms with Gasteiger partial charge in [-0.1, -0.05) is 15.9 Å². The zero-order chi connectivity index (χ0) is 13.3. The molecule has 0 bridgehead atoms. The van der Waals surface area contributed by atoms with Gasteiger partial charge in [-0.3, -0.25) is 0 Å². The predicted octanol–water partition coefficient (Wildman–Crippen LogP) is 5.09. The Balaban J connectivity index is 2.27. The molecular weight excluding hydrogens is 432 g/mol. The Kier molecular flexibility index (Phi) is 4.29. The van der Waals surface area contributed by atoms with Gasteiger partial charge in [0.25, 0.3) is 0 Å². The summed E-state index contributed by atoms with van der Waals surface area (Å²) in [6.45, 7) is 1.86. The van der Waals surface area contributed by atoms with Crippen LogP contribution >= 0.6 is 47.8 Å². The molecule has 94 valence electrons. The zero-order valence-corrected chi connectivity index (χ0v) is 13.9. The fraction of sp³-hybridized carbons (Fsp3) is 0.0833. The largest absolute Gasteiger partial charge is 0.442 e.